The summed E-state index contributed by atoms with van der Waals surface area (Å²) in [7, 11) is -3.33. The third kappa shape index (κ3) is 4.24. The molecule has 1 fully saturated rings. The fourth-order valence-electron chi connectivity index (χ4n) is 3.59. The van der Waals surface area contributed by atoms with Gasteiger partial charge < -0.3 is 5.32 Å². The number of amides is 1. The molecule has 1 aliphatic heterocycles. The molecule has 0 bridgehead atoms. The minimum atomic E-state index is -3.33. The number of halogens is 1. The van der Waals surface area contributed by atoms with Crippen LogP contribution >= 0.6 is 11.3 Å². The predicted octanol–water partition coefficient (Wildman–Crippen LogP) is 3.93. The smallest absolute Gasteiger partial charge is 0.295 e. The Morgan fingerprint density at radius 1 is 1.06 bits per heavy atom. The zero-order chi connectivity index (χ0) is 23.0. The maximum atomic E-state index is 13.4. The van der Waals surface area contributed by atoms with Gasteiger partial charge >= 0.3 is 0 Å². The van der Waals surface area contributed by atoms with Crippen LogP contribution in [0.3, 0.4) is 0 Å². The van der Waals surface area contributed by atoms with Crippen LogP contribution in [0.15, 0.2) is 66.0 Å². The second-order valence-corrected chi connectivity index (χ2v) is 10.3. The first-order valence-electron chi connectivity index (χ1n) is 10.1. The molecule has 0 unspecified atom stereocenters. The van der Waals surface area contributed by atoms with Crippen molar-refractivity contribution in [2.75, 3.05) is 21.9 Å². The second kappa shape index (κ2) is 8.41. The van der Waals surface area contributed by atoms with E-state index in [4.69, 9.17) is 0 Å². The zero-order valence-electron chi connectivity index (χ0n) is 17.2. The van der Waals surface area contributed by atoms with Crippen molar-refractivity contribution in [1.29, 1.82) is 0 Å². The van der Waals surface area contributed by atoms with Crippen molar-refractivity contribution < 1.29 is 17.6 Å². The highest BCUT2D eigenvalue weighted by Crippen LogP contribution is 2.28. The first-order valence-corrected chi connectivity index (χ1v) is 12.6. The highest BCUT2D eigenvalue weighted by atomic mass is 32.2. The van der Waals surface area contributed by atoms with E-state index >= 15 is 0 Å². The molecule has 1 aliphatic rings. The van der Waals surface area contributed by atoms with Crippen LogP contribution in [0, 0.1) is 5.82 Å². The summed E-state index contributed by atoms with van der Waals surface area (Å²) in [5.41, 5.74) is 1.48. The molecule has 0 spiro atoms. The number of anilines is 2. The Labute approximate surface area is 193 Å². The number of rotatable bonds is 5. The Balaban J connectivity index is 1.45. The first-order chi connectivity index (χ1) is 15.9. The number of aromatic nitrogens is 3. The molecule has 4 aromatic rings. The SMILES string of the molecule is O=C(Nc1cccc(N2CCCS2(=O)=O)c1)c1nc(-c2cccs2)n(-c2ccc(F)cc2)n1. The molecule has 1 N–H and O–H groups in total. The van der Waals surface area contributed by atoms with Crippen LogP contribution < -0.4 is 9.62 Å². The van der Waals surface area contributed by atoms with Crippen LogP contribution in [0.2, 0.25) is 0 Å². The Morgan fingerprint density at radius 3 is 2.58 bits per heavy atom. The number of hydrogen-bond acceptors (Lipinski definition) is 6. The minimum Gasteiger partial charge on any atom is -0.319 e. The fraction of sp³-hybridized carbons (Fsp3) is 0.136. The van der Waals surface area contributed by atoms with Gasteiger partial charge in [-0.05, 0) is 60.3 Å². The number of carbonyl (C=O) groups is 1. The van der Waals surface area contributed by atoms with Crippen LogP contribution in [0.4, 0.5) is 15.8 Å². The molecular formula is C22H18FN5O3S2. The molecule has 5 rings (SSSR count). The van der Waals surface area contributed by atoms with E-state index in [2.05, 4.69) is 15.4 Å². The average molecular weight is 484 g/mol. The number of hydrogen-bond donors (Lipinski definition) is 1. The summed E-state index contributed by atoms with van der Waals surface area (Å²) >= 11 is 1.44. The van der Waals surface area contributed by atoms with E-state index in [1.165, 1.54) is 32.5 Å². The summed E-state index contributed by atoms with van der Waals surface area (Å²) in [6.45, 7) is 0.410. The van der Waals surface area contributed by atoms with Gasteiger partial charge in [-0.1, -0.05) is 12.1 Å². The molecule has 2 aromatic heterocycles. The van der Waals surface area contributed by atoms with Crippen LogP contribution in [-0.2, 0) is 10.0 Å². The quantitative estimate of drug-likeness (QED) is 0.464. The van der Waals surface area contributed by atoms with Gasteiger partial charge in [0, 0.05) is 12.2 Å². The molecule has 1 saturated heterocycles. The lowest BCUT2D eigenvalue weighted by Gasteiger charge is -2.17. The molecule has 168 valence electrons. The number of sulfonamides is 1. The first kappa shape index (κ1) is 21.3. The Bertz CT molecular complexity index is 1420. The lowest BCUT2D eigenvalue weighted by molar-refractivity contribution is 0.101. The van der Waals surface area contributed by atoms with Crippen LogP contribution in [0.5, 0.6) is 0 Å². The molecule has 0 saturated carbocycles. The van der Waals surface area contributed by atoms with Gasteiger partial charge in [-0.15, -0.1) is 16.4 Å². The van der Waals surface area contributed by atoms with Gasteiger partial charge in [0.05, 0.1) is 22.0 Å². The van der Waals surface area contributed by atoms with Crippen molar-refractivity contribution in [2.24, 2.45) is 0 Å². The third-order valence-electron chi connectivity index (χ3n) is 5.11. The number of nitrogens with zero attached hydrogens (tertiary/aromatic N) is 4. The van der Waals surface area contributed by atoms with Crippen molar-refractivity contribution in [3.63, 3.8) is 0 Å². The monoisotopic (exact) mass is 483 g/mol. The Hall–Kier alpha value is -3.57. The maximum absolute atomic E-state index is 13.4. The molecular weight excluding hydrogens is 465 g/mol. The van der Waals surface area contributed by atoms with Crippen molar-refractivity contribution in [1.82, 2.24) is 14.8 Å². The highest BCUT2D eigenvalue weighted by molar-refractivity contribution is 7.93. The summed E-state index contributed by atoms with van der Waals surface area (Å²) in [5.74, 6) is -0.426. The number of carbonyl (C=O) groups excluding carboxylic acids is 1. The Morgan fingerprint density at radius 2 is 1.88 bits per heavy atom. The van der Waals surface area contributed by atoms with E-state index in [1.54, 1.807) is 36.4 Å². The van der Waals surface area contributed by atoms with E-state index < -0.39 is 15.9 Å². The van der Waals surface area contributed by atoms with Crippen LogP contribution in [0.25, 0.3) is 16.4 Å². The lowest BCUT2D eigenvalue weighted by atomic mass is 10.2. The molecule has 33 heavy (non-hydrogen) atoms. The minimum absolute atomic E-state index is 0.0677. The third-order valence-corrected chi connectivity index (χ3v) is 7.85. The maximum Gasteiger partial charge on any atom is 0.295 e. The highest BCUT2D eigenvalue weighted by Gasteiger charge is 2.28. The van der Waals surface area contributed by atoms with Gasteiger partial charge in [0.25, 0.3) is 5.91 Å². The molecule has 0 atom stereocenters. The second-order valence-electron chi connectivity index (χ2n) is 7.37. The van der Waals surface area contributed by atoms with Crippen molar-refractivity contribution in [2.45, 2.75) is 6.42 Å². The lowest BCUT2D eigenvalue weighted by Crippen LogP contribution is -2.25. The van der Waals surface area contributed by atoms with Crippen LogP contribution in [0.1, 0.15) is 17.0 Å². The summed E-state index contributed by atoms with van der Waals surface area (Å²) in [6.07, 6.45) is 0.565. The zero-order valence-corrected chi connectivity index (χ0v) is 18.8. The van der Waals surface area contributed by atoms with Crippen molar-refractivity contribution >= 4 is 38.6 Å². The van der Waals surface area contributed by atoms with Gasteiger partial charge in [-0.2, -0.15) is 0 Å². The Kier molecular flexibility index (Phi) is 5.43. The average Bonchev–Trinajstić information content (AvgIpc) is 3.53. The fourth-order valence-corrected chi connectivity index (χ4v) is 5.85. The number of thiophene rings is 1. The van der Waals surface area contributed by atoms with Crippen LogP contribution in [-0.4, -0.2) is 41.4 Å². The standard InChI is InChI=1S/C22H18FN5O3S2/c23-15-7-9-17(10-8-15)28-21(19-6-2-12-32-19)25-20(26-28)22(29)24-16-4-1-5-18(14-16)27-11-3-13-33(27,30)31/h1-2,4-10,12,14H,3,11,13H2,(H,24,29). The largest absolute Gasteiger partial charge is 0.319 e. The van der Waals surface area contributed by atoms with Gasteiger partial charge in [-0.25, -0.2) is 22.5 Å². The molecule has 0 radical (unpaired) electrons. The molecule has 11 heteroatoms. The number of benzene rings is 2. The van der Waals surface area contributed by atoms with E-state index in [1.807, 2.05) is 17.5 Å². The molecule has 1 amide bonds. The molecule has 0 aliphatic carbocycles. The van der Waals surface area contributed by atoms with E-state index in [9.17, 15) is 17.6 Å². The van der Waals surface area contributed by atoms with Gasteiger partial charge in [0.15, 0.2) is 5.82 Å². The normalized spacial score (nSPS) is 15.0. The summed E-state index contributed by atoms with van der Waals surface area (Å²) in [6, 6.07) is 16.1. The topological polar surface area (TPSA) is 97.2 Å². The molecule has 2 aromatic carbocycles. The van der Waals surface area contributed by atoms with E-state index in [0.29, 0.717) is 35.9 Å². The van der Waals surface area contributed by atoms with Crippen molar-refractivity contribution in [3.05, 3.63) is 77.7 Å². The molecule has 8 nitrogen and oxygen atoms in total. The van der Waals surface area contributed by atoms with Crippen molar-refractivity contribution in [3.8, 4) is 16.4 Å². The molecule has 3 heterocycles. The number of nitrogens with one attached hydrogen (secondary N) is 1. The van der Waals surface area contributed by atoms with Gasteiger partial charge in [-0.3, -0.25) is 9.10 Å². The van der Waals surface area contributed by atoms with Gasteiger partial charge in [0.2, 0.25) is 15.8 Å². The predicted molar refractivity (Wildman–Crippen MR) is 125 cm³/mol. The van der Waals surface area contributed by atoms with E-state index in [-0.39, 0.29) is 17.4 Å². The van der Waals surface area contributed by atoms with E-state index in [0.717, 1.165) is 4.88 Å². The summed E-state index contributed by atoms with van der Waals surface area (Å²) < 4.78 is 40.7. The van der Waals surface area contributed by atoms with Gasteiger partial charge in [0.1, 0.15) is 5.82 Å². The summed E-state index contributed by atoms with van der Waals surface area (Å²) in [4.78, 5) is 18.2. The summed E-state index contributed by atoms with van der Waals surface area (Å²) in [5, 5.41) is 8.98.